The Morgan fingerprint density at radius 3 is 2.62 bits per heavy atom. The van der Waals surface area contributed by atoms with Crippen molar-refractivity contribution < 1.29 is 14.7 Å². The zero-order chi connectivity index (χ0) is 18.5. The molecule has 1 N–H and O–H groups in total. The van der Waals surface area contributed by atoms with Gasteiger partial charge < -0.3 is 5.11 Å². The molecule has 0 radical (unpaired) electrons. The molecule has 0 bridgehead atoms. The zero-order valence-corrected chi connectivity index (χ0v) is 14.9. The third kappa shape index (κ3) is 4.47. The van der Waals surface area contributed by atoms with Crippen LogP contribution in [0.15, 0.2) is 53.7 Å². The van der Waals surface area contributed by atoms with Gasteiger partial charge >= 0.3 is 5.97 Å². The van der Waals surface area contributed by atoms with Gasteiger partial charge in [0, 0.05) is 11.4 Å². The van der Waals surface area contributed by atoms with E-state index in [9.17, 15) is 9.59 Å². The highest BCUT2D eigenvalue weighted by atomic mass is 35.5. The first-order valence-electron chi connectivity index (χ1n) is 7.54. The Bertz CT molecular complexity index is 943. The number of carboxylic acids is 1. The second kappa shape index (κ2) is 8.11. The van der Waals surface area contributed by atoms with E-state index >= 15 is 0 Å². The summed E-state index contributed by atoms with van der Waals surface area (Å²) in [6.07, 6.45) is 0.280. The van der Waals surface area contributed by atoms with Crippen LogP contribution in [0.4, 0.5) is 0 Å². The van der Waals surface area contributed by atoms with Crippen LogP contribution in [0.1, 0.15) is 15.9 Å². The summed E-state index contributed by atoms with van der Waals surface area (Å²) >= 11 is 7.14. The Morgan fingerprint density at radius 2 is 1.92 bits per heavy atom. The number of aromatic nitrogens is 4. The minimum absolute atomic E-state index is 0.0213. The summed E-state index contributed by atoms with van der Waals surface area (Å²) in [5, 5.41) is 21.4. The van der Waals surface area contributed by atoms with Gasteiger partial charge in [-0.05, 0) is 52.4 Å². The maximum atomic E-state index is 12.2. The molecule has 3 aromatic rings. The Labute approximate surface area is 158 Å². The molecule has 0 fully saturated rings. The molecule has 0 saturated carbocycles. The lowest BCUT2D eigenvalue weighted by Crippen LogP contribution is -2.07. The predicted octanol–water partition coefficient (Wildman–Crippen LogP) is 2.92. The molecular weight excluding hydrogens is 376 g/mol. The fourth-order valence-electron chi connectivity index (χ4n) is 2.25. The third-order valence-corrected chi connectivity index (χ3v) is 4.67. The monoisotopic (exact) mass is 388 g/mol. The predicted molar refractivity (Wildman–Crippen MR) is 97.0 cm³/mol. The van der Waals surface area contributed by atoms with Crippen LogP contribution < -0.4 is 0 Å². The van der Waals surface area contributed by atoms with Crippen molar-refractivity contribution in [1.29, 1.82) is 0 Å². The van der Waals surface area contributed by atoms with E-state index in [1.807, 2.05) is 6.07 Å². The fourth-order valence-corrected chi connectivity index (χ4v) is 3.21. The lowest BCUT2D eigenvalue weighted by molar-refractivity contribution is -0.116. The highest BCUT2D eigenvalue weighted by Gasteiger charge is 2.13. The van der Waals surface area contributed by atoms with Crippen molar-refractivity contribution >= 4 is 35.1 Å². The standard InChI is InChI=1S/C17H13ClN4O3S/c18-13-3-1-2-11(8-13)9-15(23)10-26-17-19-20-21-22(17)14-6-4-12(5-7-14)16(24)25/h1-8H,9-10H2,(H,24,25). The van der Waals surface area contributed by atoms with E-state index in [4.69, 9.17) is 16.7 Å². The second-order valence-corrected chi connectivity index (χ2v) is 6.74. The quantitative estimate of drug-likeness (QED) is 0.621. The summed E-state index contributed by atoms with van der Waals surface area (Å²) in [6, 6.07) is 13.3. The molecule has 26 heavy (non-hydrogen) atoms. The van der Waals surface area contributed by atoms with Gasteiger partial charge in [0.1, 0.15) is 5.78 Å². The lowest BCUT2D eigenvalue weighted by atomic mass is 10.1. The van der Waals surface area contributed by atoms with E-state index in [1.54, 1.807) is 30.3 Å². The molecule has 2 aromatic carbocycles. The Kier molecular flexibility index (Phi) is 5.65. The first kappa shape index (κ1) is 18.1. The minimum Gasteiger partial charge on any atom is -0.478 e. The summed E-state index contributed by atoms with van der Waals surface area (Å²) in [6.45, 7) is 0. The molecule has 0 aliphatic rings. The molecule has 0 aliphatic carbocycles. The number of nitrogens with zero attached hydrogens (tertiary/aromatic N) is 4. The van der Waals surface area contributed by atoms with E-state index in [-0.39, 0.29) is 23.5 Å². The molecule has 0 amide bonds. The number of carbonyl (C=O) groups is 2. The van der Waals surface area contributed by atoms with Crippen molar-refractivity contribution in [2.24, 2.45) is 0 Å². The van der Waals surface area contributed by atoms with E-state index < -0.39 is 5.97 Å². The summed E-state index contributed by atoms with van der Waals surface area (Å²) in [7, 11) is 0. The van der Waals surface area contributed by atoms with Crippen LogP contribution in [0.5, 0.6) is 0 Å². The van der Waals surface area contributed by atoms with Gasteiger partial charge in [-0.3, -0.25) is 4.79 Å². The molecule has 0 unspecified atom stereocenters. The molecule has 7 nitrogen and oxygen atoms in total. The zero-order valence-electron chi connectivity index (χ0n) is 13.4. The molecule has 0 saturated heterocycles. The van der Waals surface area contributed by atoms with Crippen LogP contribution in [0.2, 0.25) is 5.02 Å². The number of thioether (sulfide) groups is 1. The summed E-state index contributed by atoms with van der Waals surface area (Å²) in [5.41, 5.74) is 1.64. The average Bonchev–Trinajstić information content (AvgIpc) is 3.08. The highest BCUT2D eigenvalue weighted by Crippen LogP contribution is 2.19. The Hall–Kier alpha value is -2.71. The van der Waals surface area contributed by atoms with E-state index in [0.717, 1.165) is 5.56 Å². The van der Waals surface area contributed by atoms with Crippen LogP contribution in [-0.4, -0.2) is 42.8 Å². The molecule has 0 aliphatic heterocycles. The number of hydrogen-bond acceptors (Lipinski definition) is 6. The van der Waals surface area contributed by atoms with Crippen molar-refractivity contribution in [3.63, 3.8) is 0 Å². The number of Topliss-reactive ketones (excluding diaryl/α,β-unsaturated/α-hetero) is 1. The highest BCUT2D eigenvalue weighted by molar-refractivity contribution is 7.99. The summed E-state index contributed by atoms with van der Waals surface area (Å²) < 4.78 is 1.46. The summed E-state index contributed by atoms with van der Waals surface area (Å²) in [4.78, 5) is 23.1. The van der Waals surface area contributed by atoms with Crippen molar-refractivity contribution in [3.05, 3.63) is 64.7 Å². The number of carbonyl (C=O) groups excluding carboxylic acids is 1. The molecular formula is C17H13ClN4O3S. The van der Waals surface area contributed by atoms with Gasteiger partial charge in [0.05, 0.1) is 17.0 Å². The van der Waals surface area contributed by atoms with Gasteiger partial charge in [0.2, 0.25) is 5.16 Å². The number of ketones is 1. The summed E-state index contributed by atoms with van der Waals surface area (Å²) in [5.74, 6) is -0.775. The molecule has 1 heterocycles. The van der Waals surface area contributed by atoms with Gasteiger partial charge in [0.15, 0.2) is 0 Å². The topological polar surface area (TPSA) is 98.0 Å². The maximum Gasteiger partial charge on any atom is 0.335 e. The van der Waals surface area contributed by atoms with Gasteiger partial charge in [0.25, 0.3) is 0 Å². The number of carboxylic acid groups (broad SMARTS) is 1. The Morgan fingerprint density at radius 1 is 1.15 bits per heavy atom. The van der Waals surface area contributed by atoms with Crippen molar-refractivity contribution in [3.8, 4) is 5.69 Å². The third-order valence-electron chi connectivity index (χ3n) is 3.45. The first-order chi connectivity index (χ1) is 12.5. The Balaban J connectivity index is 1.65. The van der Waals surface area contributed by atoms with Gasteiger partial charge in [-0.25, -0.2) is 4.79 Å². The second-order valence-electron chi connectivity index (χ2n) is 5.36. The molecule has 0 atom stereocenters. The van der Waals surface area contributed by atoms with Crippen LogP contribution in [0.3, 0.4) is 0 Å². The number of benzene rings is 2. The van der Waals surface area contributed by atoms with Crippen LogP contribution in [0.25, 0.3) is 5.69 Å². The first-order valence-corrected chi connectivity index (χ1v) is 8.90. The van der Waals surface area contributed by atoms with E-state index in [1.165, 1.54) is 28.6 Å². The normalized spacial score (nSPS) is 10.7. The van der Waals surface area contributed by atoms with E-state index in [0.29, 0.717) is 15.9 Å². The van der Waals surface area contributed by atoms with Gasteiger partial charge in [-0.1, -0.05) is 35.5 Å². The number of rotatable bonds is 7. The number of halogens is 1. The van der Waals surface area contributed by atoms with E-state index in [2.05, 4.69) is 15.5 Å². The number of hydrogen-bond donors (Lipinski definition) is 1. The van der Waals surface area contributed by atoms with Gasteiger partial charge in [-0.2, -0.15) is 4.68 Å². The van der Waals surface area contributed by atoms with Crippen LogP contribution in [-0.2, 0) is 11.2 Å². The largest absolute Gasteiger partial charge is 0.478 e. The average molecular weight is 389 g/mol. The van der Waals surface area contributed by atoms with Crippen molar-refractivity contribution in [2.45, 2.75) is 11.6 Å². The molecule has 3 rings (SSSR count). The van der Waals surface area contributed by atoms with Crippen LogP contribution >= 0.6 is 23.4 Å². The molecule has 0 spiro atoms. The molecule has 1 aromatic heterocycles. The van der Waals surface area contributed by atoms with Gasteiger partial charge in [-0.15, -0.1) is 5.10 Å². The number of tetrazole rings is 1. The van der Waals surface area contributed by atoms with Crippen molar-refractivity contribution in [1.82, 2.24) is 20.2 Å². The number of aromatic carboxylic acids is 1. The molecule has 9 heteroatoms. The van der Waals surface area contributed by atoms with Crippen LogP contribution in [0, 0.1) is 0 Å². The fraction of sp³-hybridized carbons (Fsp3) is 0.118. The SMILES string of the molecule is O=C(CSc1nnnn1-c1ccc(C(=O)O)cc1)Cc1cccc(Cl)c1. The molecule has 132 valence electrons. The minimum atomic E-state index is -1.01. The smallest absolute Gasteiger partial charge is 0.335 e. The maximum absolute atomic E-state index is 12.2. The van der Waals surface area contributed by atoms with Crippen molar-refractivity contribution in [2.75, 3.05) is 5.75 Å². The lowest BCUT2D eigenvalue weighted by Gasteiger charge is -2.05.